The Hall–Kier alpha value is -1.75. The number of carbonyl (C=O) groups excluding carboxylic acids is 1. The molecular weight excluding hydrogens is 328 g/mol. The molecule has 26 heavy (non-hydrogen) atoms. The van der Waals surface area contributed by atoms with Gasteiger partial charge in [0.05, 0.1) is 13.7 Å². The van der Waals surface area contributed by atoms with Gasteiger partial charge in [-0.2, -0.15) is 0 Å². The minimum atomic E-state index is 0.701. The highest BCUT2D eigenvalue weighted by atomic mass is 16.5. The van der Waals surface area contributed by atoms with Gasteiger partial charge in [-0.05, 0) is 38.2 Å². The number of hydrogen-bond donors (Lipinski definition) is 0. The highest BCUT2D eigenvalue weighted by Crippen LogP contribution is 2.16. The molecule has 1 aliphatic rings. The van der Waals surface area contributed by atoms with Crippen LogP contribution >= 0.6 is 0 Å². The molecular formula is C21H42N2O3. The molecule has 0 radical (unpaired) electrons. The van der Waals surface area contributed by atoms with E-state index in [-0.39, 0.29) is 0 Å². The molecule has 154 valence electrons. The lowest BCUT2D eigenvalue weighted by molar-refractivity contribution is -0.119. The van der Waals surface area contributed by atoms with E-state index in [9.17, 15) is 4.79 Å². The SMILES string of the molecule is CC.CC.CC.CCOc1ccc(OC)cc1.CN1CCN(C=O)CC1. The molecule has 0 bridgehead atoms. The lowest BCUT2D eigenvalue weighted by Crippen LogP contribution is -2.43. The van der Waals surface area contributed by atoms with Gasteiger partial charge in [-0.1, -0.05) is 41.5 Å². The molecule has 0 unspecified atom stereocenters. The molecule has 1 aromatic rings. The van der Waals surface area contributed by atoms with Crippen LogP contribution in [0.2, 0.25) is 0 Å². The van der Waals surface area contributed by atoms with E-state index >= 15 is 0 Å². The Kier molecular flexibility index (Phi) is 26.0. The second-order valence-corrected chi connectivity index (χ2v) is 4.55. The van der Waals surface area contributed by atoms with Crippen LogP contribution in [0.25, 0.3) is 0 Å². The van der Waals surface area contributed by atoms with E-state index in [0.29, 0.717) is 6.61 Å². The third kappa shape index (κ3) is 15.8. The first-order chi connectivity index (χ1) is 12.7. The first-order valence-corrected chi connectivity index (χ1v) is 9.84. The number of methoxy groups -OCH3 is 1. The van der Waals surface area contributed by atoms with Gasteiger partial charge in [-0.3, -0.25) is 4.79 Å². The van der Waals surface area contributed by atoms with E-state index < -0.39 is 0 Å². The molecule has 1 amide bonds. The van der Waals surface area contributed by atoms with Crippen molar-refractivity contribution >= 4 is 6.41 Å². The molecule has 0 N–H and O–H groups in total. The highest BCUT2D eigenvalue weighted by Gasteiger charge is 2.10. The molecule has 1 aromatic carbocycles. The van der Waals surface area contributed by atoms with Gasteiger partial charge in [0.2, 0.25) is 6.41 Å². The van der Waals surface area contributed by atoms with E-state index in [1.54, 1.807) is 12.0 Å². The third-order valence-electron chi connectivity index (χ3n) is 3.06. The van der Waals surface area contributed by atoms with E-state index in [1.807, 2.05) is 72.7 Å². The molecule has 5 nitrogen and oxygen atoms in total. The monoisotopic (exact) mass is 370 g/mol. The molecule has 0 saturated carbocycles. The molecule has 0 atom stereocenters. The summed E-state index contributed by atoms with van der Waals surface area (Å²) >= 11 is 0. The van der Waals surface area contributed by atoms with Crippen LogP contribution in [-0.2, 0) is 4.79 Å². The second kappa shape index (κ2) is 23.2. The van der Waals surface area contributed by atoms with Crippen molar-refractivity contribution in [1.82, 2.24) is 9.80 Å². The summed E-state index contributed by atoms with van der Waals surface area (Å²) in [5.41, 5.74) is 0. The predicted molar refractivity (Wildman–Crippen MR) is 113 cm³/mol. The Labute approximate surface area is 162 Å². The number of piperazine rings is 1. The minimum absolute atomic E-state index is 0.701. The molecule has 0 aromatic heterocycles. The molecule has 0 aliphatic carbocycles. The molecule has 5 heteroatoms. The summed E-state index contributed by atoms with van der Waals surface area (Å²) < 4.78 is 10.2. The normalized spacial score (nSPS) is 12.3. The van der Waals surface area contributed by atoms with Crippen LogP contribution in [0, 0.1) is 0 Å². The minimum Gasteiger partial charge on any atom is -0.497 e. The Morgan fingerprint density at radius 2 is 1.31 bits per heavy atom. The highest BCUT2D eigenvalue weighted by molar-refractivity contribution is 5.47. The molecule has 1 fully saturated rings. The Morgan fingerprint density at radius 3 is 1.65 bits per heavy atom. The molecule has 2 rings (SSSR count). The number of rotatable bonds is 4. The van der Waals surface area contributed by atoms with Crippen molar-refractivity contribution < 1.29 is 14.3 Å². The van der Waals surface area contributed by atoms with Crippen LogP contribution < -0.4 is 9.47 Å². The van der Waals surface area contributed by atoms with Gasteiger partial charge in [0.15, 0.2) is 0 Å². The summed E-state index contributed by atoms with van der Waals surface area (Å²) in [5, 5.41) is 0. The van der Waals surface area contributed by atoms with Gasteiger partial charge < -0.3 is 19.3 Å². The first-order valence-electron chi connectivity index (χ1n) is 9.84. The van der Waals surface area contributed by atoms with Crippen LogP contribution in [0.15, 0.2) is 24.3 Å². The van der Waals surface area contributed by atoms with E-state index in [4.69, 9.17) is 9.47 Å². The zero-order valence-corrected chi connectivity index (χ0v) is 18.5. The summed E-state index contributed by atoms with van der Waals surface area (Å²) in [5.74, 6) is 1.74. The largest absolute Gasteiger partial charge is 0.497 e. The Balaban J connectivity index is -0.000000319. The third-order valence-corrected chi connectivity index (χ3v) is 3.06. The standard InChI is InChI=1S/C9H12O2.C6H12N2O.3C2H6/c1-3-11-9-6-4-8(10-2)5-7-9;1-7-2-4-8(6-9)5-3-7;3*1-2/h4-7H,3H2,1-2H3;6H,2-5H2,1H3;3*1-2H3. The van der Waals surface area contributed by atoms with Gasteiger partial charge >= 0.3 is 0 Å². The van der Waals surface area contributed by atoms with Crippen LogP contribution in [0.4, 0.5) is 0 Å². The fourth-order valence-corrected chi connectivity index (χ4v) is 1.77. The smallest absolute Gasteiger partial charge is 0.209 e. The number of hydrogen-bond acceptors (Lipinski definition) is 4. The number of amides is 1. The van der Waals surface area contributed by atoms with Crippen LogP contribution in [-0.4, -0.2) is 63.2 Å². The second-order valence-electron chi connectivity index (χ2n) is 4.55. The zero-order chi connectivity index (χ0) is 20.8. The quantitative estimate of drug-likeness (QED) is 0.729. The predicted octanol–water partition coefficient (Wildman–Crippen LogP) is 4.56. The summed E-state index contributed by atoms with van der Waals surface area (Å²) in [6.45, 7) is 18.5. The van der Waals surface area contributed by atoms with Crippen LogP contribution in [0.5, 0.6) is 11.5 Å². The molecule has 1 aliphatic heterocycles. The van der Waals surface area contributed by atoms with E-state index in [2.05, 4.69) is 11.9 Å². The lowest BCUT2D eigenvalue weighted by Gasteiger charge is -2.29. The Bertz CT molecular complexity index is 375. The molecule has 1 heterocycles. The number of benzene rings is 1. The maximum Gasteiger partial charge on any atom is 0.209 e. The van der Waals surface area contributed by atoms with Crippen molar-refractivity contribution in [2.45, 2.75) is 48.5 Å². The van der Waals surface area contributed by atoms with Crippen molar-refractivity contribution in [3.8, 4) is 11.5 Å². The van der Waals surface area contributed by atoms with Crippen LogP contribution in [0.1, 0.15) is 48.5 Å². The first kappa shape index (κ1) is 29.0. The summed E-state index contributed by atoms with van der Waals surface area (Å²) in [7, 11) is 3.72. The maximum atomic E-state index is 10.2. The van der Waals surface area contributed by atoms with Gasteiger partial charge in [-0.15, -0.1) is 0 Å². The van der Waals surface area contributed by atoms with Gasteiger partial charge in [0.25, 0.3) is 0 Å². The van der Waals surface area contributed by atoms with Gasteiger partial charge in [-0.25, -0.2) is 0 Å². The van der Waals surface area contributed by atoms with E-state index in [0.717, 1.165) is 44.1 Å². The summed E-state index contributed by atoms with van der Waals surface area (Å²) in [6.07, 6.45) is 0.924. The number of ether oxygens (including phenoxy) is 2. The van der Waals surface area contributed by atoms with Crippen molar-refractivity contribution in [2.24, 2.45) is 0 Å². The Morgan fingerprint density at radius 1 is 0.885 bits per heavy atom. The maximum absolute atomic E-state index is 10.2. The number of likely N-dealkylation sites (N-methyl/N-ethyl adjacent to an activating group) is 1. The lowest BCUT2D eigenvalue weighted by atomic mass is 10.3. The molecule has 1 saturated heterocycles. The fraction of sp³-hybridized carbons (Fsp3) is 0.667. The average molecular weight is 371 g/mol. The van der Waals surface area contributed by atoms with Crippen molar-refractivity contribution in [1.29, 1.82) is 0 Å². The topological polar surface area (TPSA) is 42.0 Å². The molecule has 0 spiro atoms. The van der Waals surface area contributed by atoms with Crippen molar-refractivity contribution in [2.75, 3.05) is 46.9 Å². The number of carbonyl (C=O) groups is 1. The zero-order valence-electron chi connectivity index (χ0n) is 18.5. The van der Waals surface area contributed by atoms with Crippen LogP contribution in [0.3, 0.4) is 0 Å². The van der Waals surface area contributed by atoms with Gasteiger partial charge in [0.1, 0.15) is 11.5 Å². The fourth-order valence-electron chi connectivity index (χ4n) is 1.77. The van der Waals surface area contributed by atoms with Crippen molar-refractivity contribution in [3.63, 3.8) is 0 Å². The van der Waals surface area contributed by atoms with Crippen molar-refractivity contribution in [3.05, 3.63) is 24.3 Å². The van der Waals surface area contributed by atoms with E-state index in [1.165, 1.54) is 0 Å². The average Bonchev–Trinajstić information content (AvgIpc) is 2.74. The van der Waals surface area contributed by atoms with Gasteiger partial charge in [0, 0.05) is 26.2 Å². The summed E-state index contributed by atoms with van der Waals surface area (Å²) in [4.78, 5) is 14.2. The summed E-state index contributed by atoms with van der Waals surface area (Å²) in [6, 6.07) is 7.54. The number of nitrogens with zero attached hydrogens (tertiary/aromatic N) is 2.